The molecule has 0 spiro atoms. The highest BCUT2D eigenvalue weighted by molar-refractivity contribution is 5.56. The van der Waals surface area contributed by atoms with E-state index in [1.165, 1.54) is 5.69 Å². The highest BCUT2D eigenvalue weighted by atomic mass is 16.3. The van der Waals surface area contributed by atoms with E-state index in [1.807, 2.05) is 24.4 Å². The lowest BCUT2D eigenvalue weighted by Gasteiger charge is -2.17. The molecule has 1 fully saturated rings. The number of aliphatic hydroxyl groups is 1. The van der Waals surface area contributed by atoms with E-state index in [2.05, 4.69) is 21.5 Å². The van der Waals surface area contributed by atoms with Crippen molar-refractivity contribution in [3.8, 4) is 0 Å². The molecular weight excluding hydrogens is 240 g/mol. The van der Waals surface area contributed by atoms with E-state index in [4.69, 9.17) is 4.98 Å². The van der Waals surface area contributed by atoms with Gasteiger partial charge in [-0.25, -0.2) is 4.98 Å². The van der Waals surface area contributed by atoms with Gasteiger partial charge in [0.2, 0.25) is 0 Å². The number of hydrogen-bond acceptors (Lipinski definition) is 4. The van der Waals surface area contributed by atoms with Crippen LogP contribution in [0.3, 0.4) is 0 Å². The molecule has 0 aliphatic carbocycles. The lowest BCUT2D eigenvalue weighted by molar-refractivity contribution is 0.198. The first kappa shape index (κ1) is 12.4. The van der Waals surface area contributed by atoms with Crippen LogP contribution in [0.1, 0.15) is 19.0 Å². The van der Waals surface area contributed by atoms with E-state index in [9.17, 15) is 5.11 Å². The van der Waals surface area contributed by atoms with Crippen LogP contribution in [0, 0.1) is 0 Å². The van der Waals surface area contributed by atoms with E-state index in [0.717, 1.165) is 37.5 Å². The first-order valence-corrected chi connectivity index (χ1v) is 6.89. The number of nitrogens with zero attached hydrogens (tertiary/aromatic N) is 3. The van der Waals surface area contributed by atoms with Gasteiger partial charge in [0, 0.05) is 25.8 Å². The molecule has 5 heteroatoms. The van der Waals surface area contributed by atoms with Crippen LogP contribution in [0.5, 0.6) is 0 Å². The van der Waals surface area contributed by atoms with E-state index in [-0.39, 0.29) is 6.10 Å². The minimum absolute atomic E-state index is 0.225. The van der Waals surface area contributed by atoms with Crippen molar-refractivity contribution in [1.29, 1.82) is 0 Å². The fourth-order valence-corrected chi connectivity index (χ4v) is 2.63. The molecule has 1 aliphatic rings. The summed E-state index contributed by atoms with van der Waals surface area (Å²) in [4.78, 5) is 6.90. The summed E-state index contributed by atoms with van der Waals surface area (Å²) in [6.45, 7) is 5.39. The third-order valence-electron chi connectivity index (χ3n) is 3.61. The Morgan fingerprint density at radius 3 is 3.11 bits per heavy atom. The molecule has 1 saturated heterocycles. The number of imidazole rings is 1. The first-order valence-electron chi connectivity index (χ1n) is 6.89. The summed E-state index contributed by atoms with van der Waals surface area (Å²) in [7, 11) is 0. The molecule has 1 unspecified atom stereocenters. The quantitative estimate of drug-likeness (QED) is 0.861. The summed E-state index contributed by atoms with van der Waals surface area (Å²) in [5.41, 5.74) is 2.14. The summed E-state index contributed by atoms with van der Waals surface area (Å²) in [6.07, 6.45) is 2.65. The molecule has 0 saturated carbocycles. The molecule has 1 aliphatic heterocycles. The molecule has 19 heavy (non-hydrogen) atoms. The molecule has 102 valence electrons. The van der Waals surface area contributed by atoms with Crippen molar-refractivity contribution in [3.05, 3.63) is 30.1 Å². The van der Waals surface area contributed by atoms with E-state index in [0.29, 0.717) is 6.54 Å². The van der Waals surface area contributed by atoms with Crippen LogP contribution in [0.25, 0.3) is 5.65 Å². The summed E-state index contributed by atoms with van der Waals surface area (Å²) in [6, 6.07) is 6.04. The molecular formula is C14H20N4O. The number of anilines is 1. The van der Waals surface area contributed by atoms with Crippen LogP contribution < -0.4 is 10.2 Å². The number of pyridine rings is 1. The Labute approximate surface area is 112 Å². The maximum Gasteiger partial charge on any atom is 0.152 e. The SMILES string of the molecule is CCNCc1c(N2CCC(O)C2)nc2ccccn12. The Morgan fingerprint density at radius 2 is 2.37 bits per heavy atom. The Kier molecular flexibility index (Phi) is 3.40. The zero-order chi connectivity index (χ0) is 13.2. The lowest BCUT2D eigenvalue weighted by Crippen LogP contribution is -2.24. The third-order valence-corrected chi connectivity index (χ3v) is 3.61. The van der Waals surface area contributed by atoms with Gasteiger partial charge in [0.25, 0.3) is 0 Å². The topological polar surface area (TPSA) is 52.8 Å². The molecule has 3 rings (SSSR count). The second-order valence-corrected chi connectivity index (χ2v) is 4.98. The summed E-state index contributed by atoms with van der Waals surface area (Å²) in [5, 5.41) is 13.1. The highest BCUT2D eigenvalue weighted by Gasteiger charge is 2.25. The predicted molar refractivity (Wildman–Crippen MR) is 75.4 cm³/mol. The fourth-order valence-electron chi connectivity index (χ4n) is 2.63. The summed E-state index contributed by atoms with van der Waals surface area (Å²) < 4.78 is 2.13. The second kappa shape index (κ2) is 5.19. The van der Waals surface area contributed by atoms with Gasteiger partial charge in [-0.1, -0.05) is 13.0 Å². The highest BCUT2D eigenvalue weighted by Crippen LogP contribution is 2.25. The van der Waals surface area contributed by atoms with Gasteiger partial charge >= 0.3 is 0 Å². The molecule has 2 N–H and O–H groups in total. The molecule has 2 aromatic heterocycles. The van der Waals surface area contributed by atoms with Crippen molar-refractivity contribution in [3.63, 3.8) is 0 Å². The Hall–Kier alpha value is -1.59. The minimum atomic E-state index is -0.225. The van der Waals surface area contributed by atoms with Gasteiger partial charge in [0.05, 0.1) is 11.8 Å². The van der Waals surface area contributed by atoms with Crippen molar-refractivity contribution < 1.29 is 5.11 Å². The normalized spacial score (nSPS) is 19.5. The van der Waals surface area contributed by atoms with E-state index < -0.39 is 0 Å². The smallest absolute Gasteiger partial charge is 0.152 e. The van der Waals surface area contributed by atoms with Crippen molar-refractivity contribution in [2.24, 2.45) is 0 Å². The van der Waals surface area contributed by atoms with Crippen molar-refractivity contribution in [2.45, 2.75) is 26.0 Å². The zero-order valence-corrected chi connectivity index (χ0v) is 11.2. The van der Waals surface area contributed by atoms with E-state index in [1.54, 1.807) is 0 Å². The summed E-state index contributed by atoms with van der Waals surface area (Å²) >= 11 is 0. The van der Waals surface area contributed by atoms with Gasteiger partial charge in [-0.05, 0) is 25.1 Å². The van der Waals surface area contributed by atoms with Crippen LogP contribution in [0.15, 0.2) is 24.4 Å². The first-order chi connectivity index (χ1) is 9.29. The third kappa shape index (κ3) is 2.31. The van der Waals surface area contributed by atoms with Gasteiger partial charge in [-0.3, -0.25) is 0 Å². The number of aromatic nitrogens is 2. The number of nitrogens with one attached hydrogen (secondary N) is 1. The van der Waals surface area contributed by atoms with Crippen molar-refractivity contribution in [2.75, 3.05) is 24.5 Å². The number of fused-ring (bicyclic) bond motifs is 1. The number of hydrogen-bond donors (Lipinski definition) is 2. The zero-order valence-electron chi connectivity index (χ0n) is 11.2. The molecule has 0 aromatic carbocycles. The maximum atomic E-state index is 9.71. The Balaban J connectivity index is 2.01. The second-order valence-electron chi connectivity index (χ2n) is 4.98. The van der Waals surface area contributed by atoms with Crippen molar-refractivity contribution >= 4 is 11.5 Å². The van der Waals surface area contributed by atoms with Crippen LogP contribution in [-0.2, 0) is 6.54 Å². The largest absolute Gasteiger partial charge is 0.391 e. The average molecular weight is 260 g/mol. The Bertz CT molecular complexity index is 566. The van der Waals surface area contributed by atoms with E-state index >= 15 is 0 Å². The molecule has 2 aromatic rings. The Morgan fingerprint density at radius 1 is 1.47 bits per heavy atom. The van der Waals surface area contributed by atoms with Crippen LogP contribution in [-0.4, -0.2) is 40.2 Å². The molecule has 1 atom stereocenters. The lowest BCUT2D eigenvalue weighted by atomic mass is 10.3. The standard InChI is InChI=1S/C14H20N4O/c1-2-15-9-12-14(17-8-6-11(19)10-17)16-13-5-3-4-7-18(12)13/h3-5,7,11,15,19H,2,6,8-10H2,1H3. The minimum Gasteiger partial charge on any atom is -0.391 e. The molecule has 0 bridgehead atoms. The molecule has 0 radical (unpaired) electrons. The average Bonchev–Trinajstić information content (AvgIpc) is 3.00. The van der Waals surface area contributed by atoms with Gasteiger partial charge in [-0.2, -0.15) is 0 Å². The maximum absolute atomic E-state index is 9.71. The fraction of sp³-hybridized carbons (Fsp3) is 0.500. The molecule has 5 nitrogen and oxygen atoms in total. The number of aliphatic hydroxyl groups excluding tert-OH is 1. The van der Waals surface area contributed by atoms with Gasteiger partial charge in [0.1, 0.15) is 5.65 Å². The van der Waals surface area contributed by atoms with Gasteiger partial charge in [-0.15, -0.1) is 0 Å². The van der Waals surface area contributed by atoms with Gasteiger partial charge in [0.15, 0.2) is 5.82 Å². The number of β-amino-alcohol motifs (C(OH)–C–C–N with tert-alkyl or cyclic N) is 1. The number of rotatable bonds is 4. The molecule has 3 heterocycles. The predicted octanol–water partition coefficient (Wildman–Crippen LogP) is 1.01. The molecule has 0 amide bonds. The van der Waals surface area contributed by atoms with Crippen LogP contribution >= 0.6 is 0 Å². The monoisotopic (exact) mass is 260 g/mol. The van der Waals surface area contributed by atoms with Crippen LogP contribution in [0.2, 0.25) is 0 Å². The van der Waals surface area contributed by atoms with Gasteiger partial charge < -0.3 is 19.7 Å². The van der Waals surface area contributed by atoms with Crippen LogP contribution in [0.4, 0.5) is 5.82 Å². The summed E-state index contributed by atoms with van der Waals surface area (Å²) in [5.74, 6) is 1.00. The van der Waals surface area contributed by atoms with Crippen molar-refractivity contribution in [1.82, 2.24) is 14.7 Å².